The van der Waals surface area contributed by atoms with Crippen LogP contribution in [0.2, 0.25) is 0 Å². The lowest BCUT2D eigenvalue weighted by Crippen LogP contribution is -2.33. The molecule has 0 spiro atoms. The van der Waals surface area contributed by atoms with Crippen molar-refractivity contribution in [2.75, 3.05) is 11.4 Å². The van der Waals surface area contributed by atoms with Gasteiger partial charge in [-0.3, -0.25) is 9.69 Å². The molecule has 0 aliphatic rings. The lowest BCUT2D eigenvalue weighted by molar-refractivity contribution is -0.143. The molecule has 4 rings (SSSR count). The highest BCUT2D eigenvalue weighted by atomic mass is 35.5. The standard InChI is InChI=1S/C24H20F6N4OS.ClH/c1-14-4-5-19-20(15(14)2)32-22(36-19)34(8-3-7-33-9-6-31-13-33)21(35)16-10-17(23(25,26)27)12-18(11-16)24(28,29)30;/h4-6,9-13H,3,7-8H2,1-2H3;1H. The number of anilines is 1. The molecule has 0 saturated heterocycles. The van der Waals surface area contributed by atoms with Crippen molar-refractivity contribution < 1.29 is 31.1 Å². The average Bonchev–Trinajstić information content (AvgIpc) is 3.48. The fraction of sp³-hybridized carbons (Fsp3) is 0.292. The largest absolute Gasteiger partial charge is 0.416 e. The van der Waals surface area contributed by atoms with Crippen LogP contribution in [0.15, 0.2) is 49.1 Å². The number of fused-ring (bicyclic) bond motifs is 1. The molecule has 0 bridgehead atoms. The maximum atomic E-state index is 13.5. The van der Waals surface area contributed by atoms with Crippen molar-refractivity contribution in [1.82, 2.24) is 14.5 Å². The lowest BCUT2D eigenvalue weighted by atomic mass is 10.0. The smallest absolute Gasteiger partial charge is 0.337 e. The van der Waals surface area contributed by atoms with E-state index in [1.54, 1.807) is 23.3 Å². The van der Waals surface area contributed by atoms with Gasteiger partial charge in [0, 0.05) is 31.0 Å². The number of aryl methyl sites for hydroxylation is 3. The number of thiazole rings is 1. The maximum absolute atomic E-state index is 13.5. The predicted octanol–water partition coefficient (Wildman–Crippen LogP) is 7.31. The monoisotopic (exact) mass is 562 g/mol. The van der Waals surface area contributed by atoms with Gasteiger partial charge in [-0.15, -0.1) is 12.4 Å². The Kier molecular flexibility index (Phi) is 8.23. The number of benzene rings is 2. The number of alkyl halides is 6. The normalized spacial score (nSPS) is 12.0. The van der Waals surface area contributed by atoms with Crippen molar-refractivity contribution in [3.05, 3.63) is 76.9 Å². The molecule has 0 fully saturated rings. The van der Waals surface area contributed by atoms with E-state index < -0.39 is 35.0 Å². The molecular formula is C24H21ClF6N4OS. The zero-order valence-electron chi connectivity index (χ0n) is 19.5. The van der Waals surface area contributed by atoms with E-state index in [4.69, 9.17) is 0 Å². The quantitative estimate of drug-likeness (QED) is 0.232. The number of carbonyl (C=O) groups excluding carboxylic acids is 1. The van der Waals surface area contributed by atoms with Gasteiger partial charge >= 0.3 is 12.4 Å². The van der Waals surface area contributed by atoms with Crippen molar-refractivity contribution in [1.29, 1.82) is 0 Å². The van der Waals surface area contributed by atoms with E-state index in [2.05, 4.69) is 9.97 Å². The van der Waals surface area contributed by atoms with Crippen molar-refractivity contribution in [3.63, 3.8) is 0 Å². The van der Waals surface area contributed by atoms with E-state index >= 15 is 0 Å². The molecule has 0 saturated carbocycles. The number of hydrogen-bond acceptors (Lipinski definition) is 4. The van der Waals surface area contributed by atoms with E-state index in [0.29, 0.717) is 30.6 Å². The molecule has 2 aromatic carbocycles. The average molecular weight is 563 g/mol. The molecule has 5 nitrogen and oxygen atoms in total. The Morgan fingerprint density at radius 3 is 2.24 bits per heavy atom. The minimum Gasteiger partial charge on any atom is -0.337 e. The van der Waals surface area contributed by atoms with E-state index in [1.165, 1.54) is 0 Å². The van der Waals surface area contributed by atoms with Crippen LogP contribution in [-0.2, 0) is 18.9 Å². The highest BCUT2D eigenvalue weighted by Gasteiger charge is 2.38. The first kappa shape index (κ1) is 28.5. The van der Waals surface area contributed by atoms with E-state index in [1.807, 2.05) is 26.0 Å². The minimum absolute atomic E-state index is 0. The van der Waals surface area contributed by atoms with Gasteiger partial charge in [0.25, 0.3) is 5.91 Å². The summed E-state index contributed by atoms with van der Waals surface area (Å²) < 4.78 is 82.9. The van der Waals surface area contributed by atoms with Crippen LogP contribution in [-0.4, -0.2) is 27.0 Å². The zero-order chi connectivity index (χ0) is 26.3. The first-order valence-electron chi connectivity index (χ1n) is 10.8. The van der Waals surface area contributed by atoms with Crippen LogP contribution in [0.4, 0.5) is 31.5 Å². The summed E-state index contributed by atoms with van der Waals surface area (Å²) in [5.41, 5.74) is -1.34. The summed E-state index contributed by atoms with van der Waals surface area (Å²) in [7, 11) is 0. The molecule has 0 aliphatic heterocycles. The first-order chi connectivity index (χ1) is 16.8. The Bertz CT molecular complexity index is 1370. The number of aromatic nitrogens is 3. The van der Waals surface area contributed by atoms with E-state index in [9.17, 15) is 31.1 Å². The number of carbonyl (C=O) groups is 1. The van der Waals surface area contributed by atoms with E-state index in [0.717, 1.165) is 32.1 Å². The summed E-state index contributed by atoms with van der Waals surface area (Å²) in [5.74, 6) is -0.995. The van der Waals surface area contributed by atoms with Gasteiger partial charge in [-0.2, -0.15) is 26.3 Å². The molecular weight excluding hydrogens is 542 g/mol. The summed E-state index contributed by atoms with van der Waals surface area (Å²) >= 11 is 1.15. The summed E-state index contributed by atoms with van der Waals surface area (Å²) in [5, 5.41) is 0.195. The van der Waals surface area contributed by atoms with Crippen LogP contribution in [0.3, 0.4) is 0 Å². The Morgan fingerprint density at radius 2 is 1.68 bits per heavy atom. The Balaban J connectivity index is 0.00000380. The van der Waals surface area contributed by atoms with Crippen molar-refractivity contribution in [3.8, 4) is 0 Å². The molecule has 37 heavy (non-hydrogen) atoms. The second-order valence-corrected chi connectivity index (χ2v) is 9.27. The topological polar surface area (TPSA) is 51.0 Å². The van der Waals surface area contributed by atoms with Crippen LogP contribution >= 0.6 is 23.7 Å². The number of amides is 1. The van der Waals surface area contributed by atoms with Crippen molar-refractivity contribution >= 4 is 45.0 Å². The van der Waals surface area contributed by atoms with Crippen molar-refractivity contribution in [2.24, 2.45) is 0 Å². The molecule has 0 N–H and O–H groups in total. The van der Waals surface area contributed by atoms with Gasteiger partial charge < -0.3 is 4.57 Å². The zero-order valence-corrected chi connectivity index (χ0v) is 21.2. The van der Waals surface area contributed by atoms with Gasteiger partial charge in [0.05, 0.1) is 27.7 Å². The second kappa shape index (κ2) is 10.7. The fourth-order valence-corrected chi connectivity index (χ4v) is 4.73. The highest BCUT2D eigenvalue weighted by Crippen LogP contribution is 2.38. The summed E-state index contributed by atoms with van der Waals surface area (Å²) in [4.78, 5) is 23.1. The summed E-state index contributed by atoms with van der Waals surface area (Å²) in [6.07, 6.45) is -4.92. The fourth-order valence-electron chi connectivity index (χ4n) is 3.68. The van der Waals surface area contributed by atoms with Crippen LogP contribution in [0.5, 0.6) is 0 Å². The van der Waals surface area contributed by atoms with Crippen LogP contribution in [0, 0.1) is 13.8 Å². The molecule has 0 atom stereocenters. The molecule has 2 heterocycles. The van der Waals surface area contributed by atoms with Gasteiger partial charge in [-0.25, -0.2) is 9.97 Å². The molecule has 1 amide bonds. The molecule has 0 radical (unpaired) electrons. The van der Waals surface area contributed by atoms with Gasteiger partial charge in [-0.05, 0) is 55.7 Å². The maximum Gasteiger partial charge on any atom is 0.416 e. The Hall–Kier alpha value is -3.12. The highest BCUT2D eigenvalue weighted by molar-refractivity contribution is 7.22. The van der Waals surface area contributed by atoms with Crippen LogP contribution < -0.4 is 4.90 Å². The number of imidazole rings is 1. The molecule has 4 aromatic rings. The Labute approximate surface area is 218 Å². The third kappa shape index (κ3) is 6.24. The van der Waals surface area contributed by atoms with Crippen LogP contribution in [0.1, 0.15) is 39.0 Å². The number of nitrogens with zero attached hydrogens (tertiary/aromatic N) is 4. The molecule has 13 heteroatoms. The molecule has 0 aliphatic carbocycles. The van der Waals surface area contributed by atoms with Gasteiger partial charge in [0.2, 0.25) is 0 Å². The lowest BCUT2D eigenvalue weighted by Gasteiger charge is -2.21. The molecule has 198 valence electrons. The summed E-state index contributed by atoms with van der Waals surface area (Å²) in [6.45, 7) is 4.20. The second-order valence-electron chi connectivity index (χ2n) is 8.26. The van der Waals surface area contributed by atoms with Gasteiger partial charge in [-0.1, -0.05) is 17.4 Å². The summed E-state index contributed by atoms with van der Waals surface area (Å²) in [6, 6.07) is 4.60. The Morgan fingerprint density at radius 1 is 1.03 bits per heavy atom. The number of hydrogen-bond donors (Lipinski definition) is 0. The molecule has 2 aromatic heterocycles. The number of halogens is 7. The number of rotatable bonds is 6. The van der Waals surface area contributed by atoms with Crippen LogP contribution in [0.25, 0.3) is 10.2 Å². The first-order valence-corrected chi connectivity index (χ1v) is 11.6. The minimum atomic E-state index is -5.06. The predicted molar refractivity (Wildman–Crippen MR) is 131 cm³/mol. The van der Waals surface area contributed by atoms with E-state index in [-0.39, 0.29) is 30.1 Å². The SMILES string of the molecule is Cc1ccc2sc(N(CCCn3ccnc3)C(=O)c3cc(C(F)(F)F)cc(C(F)(F)F)c3)nc2c1C.Cl. The van der Waals surface area contributed by atoms with Gasteiger partial charge in [0.1, 0.15) is 0 Å². The third-order valence-corrected chi connectivity index (χ3v) is 6.78. The third-order valence-electron chi connectivity index (χ3n) is 5.74. The van der Waals surface area contributed by atoms with Gasteiger partial charge in [0.15, 0.2) is 5.13 Å². The van der Waals surface area contributed by atoms with Crippen molar-refractivity contribution in [2.45, 2.75) is 39.2 Å². The molecule has 0 unspecified atom stereocenters.